The number of esters is 1. The van der Waals surface area contributed by atoms with Crippen LogP contribution in [0.4, 0.5) is 5.69 Å². The Hall–Kier alpha value is -4.40. The van der Waals surface area contributed by atoms with Crippen molar-refractivity contribution in [2.24, 2.45) is 11.5 Å². The third-order valence-electron chi connectivity index (χ3n) is 4.20. The van der Waals surface area contributed by atoms with Gasteiger partial charge in [-0.2, -0.15) is 0 Å². The number of fused-ring (bicyclic) bond motifs is 1. The van der Waals surface area contributed by atoms with Crippen molar-refractivity contribution in [1.82, 2.24) is 0 Å². The molecule has 0 saturated heterocycles. The summed E-state index contributed by atoms with van der Waals surface area (Å²) in [4.78, 5) is 47.1. The average molecular weight is 407 g/mol. The van der Waals surface area contributed by atoms with E-state index in [1.165, 1.54) is 30.3 Å². The van der Waals surface area contributed by atoms with E-state index in [2.05, 4.69) is 5.32 Å². The van der Waals surface area contributed by atoms with Crippen LogP contribution in [0, 0.1) is 0 Å². The molecule has 0 radical (unpaired) electrons. The fourth-order valence-electron chi connectivity index (χ4n) is 2.78. The van der Waals surface area contributed by atoms with Gasteiger partial charge in [-0.15, -0.1) is 0 Å². The zero-order valence-corrected chi connectivity index (χ0v) is 15.5. The van der Waals surface area contributed by atoms with Crippen molar-refractivity contribution in [3.8, 4) is 5.75 Å². The largest absolute Gasteiger partial charge is 0.507 e. The van der Waals surface area contributed by atoms with Gasteiger partial charge in [0.2, 0.25) is 11.8 Å². The molecule has 0 aliphatic heterocycles. The molecule has 0 spiro atoms. The SMILES string of the molecule is NC(=O)c1cc(NC(=O)COC(=O)c2cc3ccccc3cc2O)cc(C(N)=O)c1. The minimum atomic E-state index is -0.892. The highest BCUT2D eigenvalue weighted by atomic mass is 16.5. The molecule has 3 aromatic rings. The zero-order chi connectivity index (χ0) is 21.8. The third kappa shape index (κ3) is 4.53. The Kier molecular flexibility index (Phi) is 5.63. The minimum Gasteiger partial charge on any atom is -0.507 e. The molecular weight excluding hydrogens is 390 g/mol. The minimum absolute atomic E-state index is 0.0281. The van der Waals surface area contributed by atoms with Crippen LogP contribution in [0.1, 0.15) is 31.1 Å². The van der Waals surface area contributed by atoms with E-state index >= 15 is 0 Å². The summed E-state index contributed by atoms with van der Waals surface area (Å²) < 4.78 is 4.95. The monoisotopic (exact) mass is 407 g/mol. The van der Waals surface area contributed by atoms with Crippen LogP contribution in [0.3, 0.4) is 0 Å². The van der Waals surface area contributed by atoms with Crippen LogP contribution in [-0.2, 0) is 9.53 Å². The van der Waals surface area contributed by atoms with Gasteiger partial charge in [-0.3, -0.25) is 14.4 Å². The Morgan fingerprint density at radius 2 is 1.43 bits per heavy atom. The van der Waals surface area contributed by atoms with E-state index in [0.29, 0.717) is 5.39 Å². The van der Waals surface area contributed by atoms with Crippen LogP contribution in [0.25, 0.3) is 10.8 Å². The predicted octanol–water partition coefficient (Wildman–Crippen LogP) is 1.54. The van der Waals surface area contributed by atoms with E-state index in [1.807, 2.05) is 0 Å². The van der Waals surface area contributed by atoms with Crippen LogP contribution in [0.15, 0.2) is 54.6 Å². The van der Waals surface area contributed by atoms with Crippen molar-refractivity contribution >= 4 is 40.2 Å². The molecule has 0 atom stereocenters. The lowest BCUT2D eigenvalue weighted by atomic mass is 10.1. The predicted molar refractivity (Wildman–Crippen MR) is 108 cm³/mol. The standard InChI is InChI=1S/C21H17N3O6/c22-19(27)13-5-14(20(23)28)7-15(6-13)24-18(26)10-30-21(29)16-8-11-3-1-2-4-12(11)9-17(16)25/h1-9,25H,10H2,(H2,22,27)(H2,23,28)(H,24,26). The molecule has 0 aromatic heterocycles. The second-order valence-electron chi connectivity index (χ2n) is 6.37. The van der Waals surface area contributed by atoms with Crippen LogP contribution < -0.4 is 16.8 Å². The van der Waals surface area contributed by atoms with Gasteiger partial charge in [-0.1, -0.05) is 24.3 Å². The Labute approximate surface area is 170 Å². The van der Waals surface area contributed by atoms with Gasteiger partial charge >= 0.3 is 5.97 Å². The van der Waals surface area contributed by atoms with Crippen molar-refractivity contribution in [2.75, 3.05) is 11.9 Å². The Bertz CT molecular complexity index is 1160. The number of phenolic OH excluding ortho intramolecular Hbond substituents is 1. The summed E-state index contributed by atoms with van der Waals surface area (Å²) in [6.45, 7) is -0.669. The van der Waals surface area contributed by atoms with Gasteiger partial charge in [0.15, 0.2) is 6.61 Å². The smallest absolute Gasteiger partial charge is 0.342 e. The second-order valence-corrected chi connectivity index (χ2v) is 6.37. The first-order valence-corrected chi connectivity index (χ1v) is 8.68. The van der Waals surface area contributed by atoms with Crippen LogP contribution in [0.2, 0.25) is 0 Å². The molecule has 3 rings (SSSR count). The molecule has 6 N–H and O–H groups in total. The molecule has 9 heteroatoms. The fourth-order valence-corrected chi connectivity index (χ4v) is 2.78. The van der Waals surface area contributed by atoms with E-state index in [1.54, 1.807) is 24.3 Å². The summed E-state index contributed by atoms with van der Waals surface area (Å²) in [6, 6.07) is 13.7. The summed E-state index contributed by atoms with van der Waals surface area (Å²) in [7, 11) is 0. The fraction of sp³-hybridized carbons (Fsp3) is 0.0476. The Morgan fingerprint density at radius 1 is 0.867 bits per heavy atom. The topological polar surface area (TPSA) is 162 Å². The van der Waals surface area contributed by atoms with Gasteiger partial charge in [-0.25, -0.2) is 4.79 Å². The van der Waals surface area contributed by atoms with Crippen molar-refractivity contribution < 1.29 is 29.0 Å². The van der Waals surface area contributed by atoms with Gasteiger partial charge in [0, 0.05) is 16.8 Å². The number of amides is 3. The van der Waals surface area contributed by atoms with Crippen molar-refractivity contribution in [3.63, 3.8) is 0 Å². The molecule has 0 aliphatic rings. The number of hydrogen-bond donors (Lipinski definition) is 4. The van der Waals surface area contributed by atoms with E-state index in [4.69, 9.17) is 16.2 Å². The lowest BCUT2D eigenvalue weighted by Gasteiger charge is -2.10. The number of phenols is 1. The first-order chi connectivity index (χ1) is 14.2. The van der Waals surface area contributed by atoms with Crippen molar-refractivity contribution in [1.29, 1.82) is 0 Å². The summed E-state index contributed by atoms with van der Waals surface area (Å²) in [6.07, 6.45) is 0. The van der Waals surface area contributed by atoms with Gasteiger partial charge < -0.3 is 26.6 Å². The molecular formula is C21H17N3O6. The molecule has 30 heavy (non-hydrogen) atoms. The number of hydrogen-bond acceptors (Lipinski definition) is 6. The summed E-state index contributed by atoms with van der Waals surface area (Å²) >= 11 is 0. The van der Waals surface area contributed by atoms with Gasteiger partial charge in [-0.05, 0) is 41.1 Å². The lowest BCUT2D eigenvalue weighted by molar-refractivity contribution is -0.119. The highest BCUT2D eigenvalue weighted by Crippen LogP contribution is 2.25. The maximum Gasteiger partial charge on any atom is 0.342 e. The normalized spacial score (nSPS) is 10.4. The third-order valence-corrected chi connectivity index (χ3v) is 4.20. The van der Waals surface area contributed by atoms with E-state index in [9.17, 15) is 24.3 Å². The quantitative estimate of drug-likeness (QED) is 0.453. The number of nitrogens with one attached hydrogen (secondary N) is 1. The number of anilines is 1. The first kappa shape index (κ1) is 20.3. The van der Waals surface area contributed by atoms with E-state index in [0.717, 1.165) is 5.39 Å². The van der Waals surface area contributed by atoms with Crippen LogP contribution >= 0.6 is 0 Å². The molecule has 0 unspecified atom stereocenters. The summed E-state index contributed by atoms with van der Waals surface area (Å²) in [5.74, 6) is -3.53. The van der Waals surface area contributed by atoms with E-state index < -0.39 is 30.3 Å². The molecule has 3 aromatic carbocycles. The van der Waals surface area contributed by atoms with E-state index in [-0.39, 0.29) is 28.1 Å². The number of nitrogens with two attached hydrogens (primary N) is 2. The highest BCUT2D eigenvalue weighted by molar-refractivity contribution is 6.03. The van der Waals surface area contributed by atoms with Crippen LogP contribution in [-0.4, -0.2) is 35.4 Å². The number of aromatic hydroxyl groups is 1. The maximum absolute atomic E-state index is 12.3. The number of benzene rings is 3. The Balaban J connectivity index is 1.70. The highest BCUT2D eigenvalue weighted by Gasteiger charge is 2.16. The second kappa shape index (κ2) is 8.31. The molecule has 9 nitrogen and oxygen atoms in total. The summed E-state index contributed by atoms with van der Waals surface area (Å²) in [5.41, 5.74) is 10.3. The molecule has 152 valence electrons. The van der Waals surface area contributed by atoms with Crippen molar-refractivity contribution in [3.05, 3.63) is 71.3 Å². The number of carbonyl (C=O) groups excluding carboxylic acids is 4. The van der Waals surface area contributed by atoms with Crippen molar-refractivity contribution in [2.45, 2.75) is 0 Å². The zero-order valence-electron chi connectivity index (χ0n) is 15.5. The lowest BCUT2D eigenvalue weighted by Crippen LogP contribution is -2.22. The number of ether oxygens (including phenoxy) is 1. The van der Waals surface area contributed by atoms with Crippen LogP contribution in [0.5, 0.6) is 5.75 Å². The van der Waals surface area contributed by atoms with Gasteiger partial charge in [0.1, 0.15) is 11.3 Å². The Morgan fingerprint density at radius 3 is 2.00 bits per heavy atom. The summed E-state index contributed by atoms with van der Waals surface area (Å²) in [5, 5.41) is 13.9. The number of rotatable bonds is 6. The molecule has 3 amide bonds. The molecule has 0 fully saturated rings. The first-order valence-electron chi connectivity index (χ1n) is 8.68. The molecule has 0 heterocycles. The average Bonchev–Trinajstić information content (AvgIpc) is 2.71. The van der Waals surface area contributed by atoms with Gasteiger partial charge in [0.25, 0.3) is 5.91 Å². The molecule has 0 aliphatic carbocycles. The number of primary amides is 2. The molecule has 0 saturated carbocycles. The van der Waals surface area contributed by atoms with Gasteiger partial charge in [0.05, 0.1) is 0 Å². The maximum atomic E-state index is 12.3. The number of carbonyl (C=O) groups is 4. The molecule has 0 bridgehead atoms.